The van der Waals surface area contributed by atoms with Crippen LogP contribution < -0.4 is 0 Å². The van der Waals surface area contributed by atoms with Gasteiger partial charge in [-0.3, -0.25) is 9.78 Å². The Bertz CT molecular complexity index is 676. The largest absolute Gasteiger partial charge is 0.375 e. The van der Waals surface area contributed by atoms with E-state index in [1.165, 1.54) is 12.1 Å². The number of morpholine rings is 1. The number of carbonyl (C=O) groups is 1. The van der Waals surface area contributed by atoms with Gasteiger partial charge in [-0.05, 0) is 42.7 Å². The number of amides is 1. The molecule has 1 aliphatic rings. The molecule has 5 heteroatoms. The predicted octanol–water partition coefficient (Wildman–Crippen LogP) is 2.79. The molecular formula is C19H21FN2O2. The molecule has 1 saturated heterocycles. The second-order valence-electron chi connectivity index (χ2n) is 6.14. The van der Waals surface area contributed by atoms with Crippen molar-refractivity contribution in [1.29, 1.82) is 0 Å². The van der Waals surface area contributed by atoms with Gasteiger partial charge in [-0.15, -0.1) is 0 Å². The van der Waals surface area contributed by atoms with Gasteiger partial charge in [-0.1, -0.05) is 18.2 Å². The van der Waals surface area contributed by atoms with Crippen LogP contribution in [-0.4, -0.2) is 41.6 Å². The van der Waals surface area contributed by atoms with Crippen molar-refractivity contribution in [2.75, 3.05) is 19.7 Å². The molecule has 2 heterocycles. The van der Waals surface area contributed by atoms with E-state index in [1.807, 2.05) is 24.0 Å². The van der Waals surface area contributed by atoms with E-state index >= 15 is 0 Å². The summed E-state index contributed by atoms with van der Waals surface area (Å²) in [4.78, 5) is 19.1. The van der Waals surface area contributed by atoms with E-state index < -0.39 is 0 Å². The maximum atomic E-state index is 13.3. The molecule has 0 N–H and O–H groups in total. The minimum Gasteiger partial charge on any atom is -0.375 e. The molecule has 1 fully saturated rings. The van der Waals surface area contributed by atoms with E-state index in [2.05, 4.69) is 4.98 Å². The number of ether oxygens (including phenoxy) is 1. The average molecular weight is 328 g/mol. The first-order chi connectivity index (χ1) is 11.6. The van der Waals surface area contributed by atoms with E-state index in [9.17, 15) is 9.18 Å². The molecule has 2 aromatic rings. The molecule has 2 atom stereocenters. The van der Waals surface area contributed by atoms with Crippen molar-refractivity contribution in [1.82, 2.24) is 9.88 Å². The van der Waals surface area contributed by atoms with Gasteiger partial charge in [-0.25, -0.2) is 4.39 Å². The second kappa shape index (κ2) is 7.53. The minimum atomic E-state index is -0.347. The molecule has 1 aromatic heterocycles. The molecule has 3 rings (SSSR count). The average Bonchev–Trinajstić information content (AvgIpc) is 2.61. The lowest BCUT2D eigenvalue weighted by Gasteiger charge is -2.34. The Labute approximate surface area is 141 Å². The van der Waals surface area contributed by atoms with Crippen LogP contribution in [0.1, 0.15) is 24.0 Å². The fraction of sp³-hybridized carbons (Fsp3) is 0.368. The Morgan fingerprint density at radius 1 is 1.38 bits per heavy atom. The van der Waals surface area contributed by atoms with E-state index in [0.29, 0.717) is 26.1 Å². The number of halogens is 1. The van der Waals surface area contributed by atoms with Crippen LogP contribution in [0.5, 0.6) is 0 Å². The molecule has 0 radical (unpaired) electrons. The lowest BCUT2D eigenvalue weighted by molar-refractivity contribution is -0.139. The standard InChI is InChI=1S/C19H21FN2O2/c1-14-13-22(9-10-24-14)19(23)18(11-15-3-2-8-21-12-15)16-4-6-17(20)7-5-16/h2-8,12,14,18H,9-11,13H2,1H3. The highest BCUT2D eigenvalue weighted by atomic mass is 19.1. The van der Waals surface area contributed by atoms with E-state index in [1.54, 1.807) is 24.5 Å². The highest BCUT2D eigenvalue weighted by Gasteiger charge is 2.29. The Kier molecular flexibility index (Phi) is 5.20. The highest BCUT2D eigenvalue weighted by Crippen LogP contribution is 2.24. The monoisotopic (exact) mass is 328 g/mol. The van der Waals surface area contributed by atoms with Gasteiger partial charge in [0.2, 0.25) is 5.91 Å². The van der Waals surface area contributed by atoms with Gasteiger partial charge in [0.25, 0.3) is 0 Å². The van der Waals surface area contributed by atoms with Crippen molar-refractivity contribution in [2.24, 2.45) is 0 Å². The van der Waals surface area contributed by atoms with Crippen molar-refractivity contribution in [3.05, 3.63) is 65.7 Å². The van der Waals surface area contributed by atoms with Gasteiger partial charge in [0.1, 0.15) is 5.82 Å². The Balaban J connectivity index is 1.86. The first kappa shape index (κ1) is 16.6. The number of nitrogens with zero attached hydrogens (tertiary/aromatic N) is 2. The molecule has 0 spiro atoms. The molecule has 0 bridgehead atoms. The maximum Gasteiger partial charge on any atom is 0.230 e. The number of benzene rings is 1. The molecule has 0 aliphatic carbocycles. The van der Waals surface area contributed by atoms with Gasteiger partial charge >= 0.3 is 0 Å². The lowest BCUT2D eigenvalue weighted by atomic mass is 9.91. The van der Waals surface area contributed by atoms with Crippen LogP contribution in [0.4, 0.5) is 4.39 Å². The molecule has 1 aromatic carbocycles. The number of pyridine rings is 1. The summed E-state index contributed by atoms with van der Waals surface area (Å²) in [6.07, 6.45) is 4.06. The Morgan fingerprint density at radius 3 is 2.83 bits per heavy atom. The summed E-state index contributed by atoms with van der Waals surface area (Å²) < 4.78 is 18.8. The van der Waals surface area contributed by atoms with Gasteiger partial charge in [-0.2, -0.15) is 0 Å². The summed E-state index contributed by atoms with van der Waals surface area (Å²) in [6.45, 7) is 3.70. The predicted molar refractivity (Wildman–Crippen MR) is 89.1 cm³/mol. The summed E-state index contributed by atoms with van der Waals surface area (Å²) in [5.41, 5.74) is 1.81. The molecule has 2 unspecified atom stereocenters. The van der Waals surface area contributed by atoms with Crippen molar-refractivity contribution < 1.29 is 13.9 Å². The van der Waals surface area contributed by atoms with Crippen LogP contribution in [0, 0.1) is 5.82 Å². The van der Waals surface area contributed by atoms with Gasteiger partial charge < -0.3 is 9.64 Å². The number of rotatable bonds is 4. The zero-order chi connectivity index (χ0) is 16.9. The van der Waals surface area contributed by atoms with E-state index in [0.717, 1.165) is 11.1 Å². The second-order valence-corrected chi connectivity index (χ2v) is 6.14. The van der Waals surface area contributed by atoms with Gasteiger partial charge in [0.15, 0.2) is 0 Å². The minimum absolute atomic E-state index is 0.0370. The van der Waals surface area contributed by atoms with Crippen LogP contribution in [0.3, 0.4) is 0 Å². The number of hydrogen-bond donors (Lipinski definition) is 0. The summed E-state index contributed by atoms with van der Waals surface area (Å²) in [5.74, 6) is -0.591. The fourth-order valence-corrected chi connectivity index (χ4v) is 3.04. The van der Waals surface area contributed by atoms with Crippen molar-refractivity contribution in [3.8, 4) is 0 Å². The third-order valence-corrected chi connectivity index (χ3v) is 4.29. The summed E-state index contributed by atoms with van der Waals surface area (Å²) in [5, 5.41) is 0. The van der Waals surface area contributed by atoms with Gasteiger partial charge in [0, 0.05) is 25.5 Å². The smallest absolute Gasteiger partial charge is 0.230 e. The lowest BCUT2D eigenvalue weighted by Crippen LogP contribution is -2.46. The fourth-order valence-electron chi connectivity index (χ4n) is 3.04. The quantitative estimate of drug-likeness (QED) is 0.867. The van der Waals surface area contributed by atoms with Gasteiger partial charge in [0.05, 0.1) is 18.6 Å². The first-order valence-corrected chi connectivity index (χ1v) is 8.18. The van der Waals surface area contributed by atoms with Crippen molar-refractivity contribution >= 4 is 5.91 Å². The Hall–Kier alpha value is -2.27. The molecule has 4 nitrogen and oxygen atoms in total. The maximum absolute atomic E-state index is 13.3. The normalized spacial score (nSPS) is 19.1. The van der Waals surface area contributed by atoms with Crippen LogP contribution in [0.15, 0.2) is 48.8 Å². The number of carbonyl (C=O) groups excluding carboxylic acids is 1. The SMILES string of the molecule is CC1CN(C(=O)C(Cc2cccnc2)c2ccc(F)cc2)CCO1. The molecule has 24 heavy (non-hydrogen) atoms. The molecule has 1 amide bonds. The molecular weight excluding hydrogens is 307 g/mol. The van der Waals surface area contributed by atoms with Crippen LogP contribution in [0.25, 0.3) is 0 Å². The molecule has 1 aliphatic heterocycles. The topological polar surface area (TPSA) is 42.4 Å². The zero-order valence-corrected chi connectivity index (χ0v) is 13.7. The van der Waals surface area contributed by atoms with Crippen LogP contribution in [-0.2, 0) is 16.0 Å². The third kappa shape index (κ3) is 3.97. The first-order valence-electron chi connectivity index (χ1n) is 8.18. The van der Waals surface area contributed by atoms with Crippen LogP contribution in [0.2, 0.25) is 0 Å². The summed E-state index contributed by atoms with van der Waals surface area (Å²) in [7, 11) is 0. The van der Waals surface area contributed by atoms with E-state index in [4.69, 9.17) is 4.74 Å². The third-order valence-electron chi connectivity index (χ3n) is 4.29. The van der Waals surface area contributed by atoms with E-state index in [-0.39, 0.29) is 23.7 Å². The molecule has 126 valence electrons. The zero-order valence-electron chi connectivity index (χ0n) is 13.7. The van der Waals surface area contributed by atoms with Crippen LogP contribution >= 0.6 is 0 Å². The Morgan fingerprint density at radius 2 is 2.17 bits per heavy atom. The number of aromatic nitrogens is 1. The van der Waals surface area contributed by atoms with Crippen molar-refractivity contribution in [3.63, 3.8) is 0 Å². The van der Waals surface area contributed by atoms with Crippen molar-refractivity contribution in [2.45, 2.75) is 25.4 Å². The summed E-state index contributed by atoms with van der Waals surface area (Å²) >= 11 is 0. The molecule has 0 saturated carbocycles. The highest BCUT2D eigenvalue weighted by molar-refractivity contribution is 5.84. The summed E-state index contributed by atoms with van der Waals surface area (Å²) in [6, 6.07) is 10.0. The number of hydrogen-bond acceptors (Lipinski definition) is 3.